The van der Waals surface area contributed by atoms with E-state index in [0.717, 1.165) is 35.5 Å². The Kier molecular flexibility index (Phi) is 5.86. The van der Waals surface area contributed by atoms with Crippen molar-refractivity contribution in [2.24, 2.45) is 0 Å². The summed E-state index contributed by atoms with van der Waals surface area (Å²) in [6.45, 7) is 0.599. The minimum atomic E-state index is -0.0483. The van der Waals surface area contributed by atoms with Gasteiger partial charge in [-0.1, -0.05) is 35.9 Å². The van der Waals surface area contributed by atoms with Crippen molar-refractivity contribution < 1.29 is 4.79 Å². The fraction of sp³-hybridized carbons (Fsp3) is 0.200. The van der Waals surface area contributed by atoms with Crippen molar-refractivity contribution in [1.82, 2.24) is 15.3 Å². The monoisotopic (exact) mass is 353 g/mol. The van der Waals surface area contributed by atoms with Gasteiger partial charge in [-0.15, -0.1) is 0 Å². The van der Waals surface area contributed by atoms with Crippen molar-refractivity contribution in [2.75, 3.05) is 6.54 Å². The molecule has 2 N–H and O–H groups in total. The van der Waals surface area contributed by atoms with Crippen LogP contribution in [0.4, 0.5) is 0 Å². The predicted octanol–water partition coefficient (Wildman–Crippen LogP) is 3.82. The van der Waals surface area contributed by atoms with Crippen LogP contribution in [0.2, 0.25) is 5.02 Å². The molecule has 0 bridgehead atoms. The highest BCUT2D eigenvalue weighted by Crippen LogP contribution is 2.10. The number of amides is 1. The zero-order valence-corrected chi connectivity index (χ0v) is 14.6. The predicted molar refractivity (Wildman–Crippen MR) is 99.9 cm³/mol. The average Bonchev–Trinajstić information content (AvgIpc) is 3.15. The Morgan fingerprint density at radius 1 is 0.960 bits per heavy atom. The Morgan fingerprint density at radius 2 is 1.64 bits per heavy atom. The fourth-order valence-corrected chi connectivity index (χ4v) is 2.72. The first kappa shape index (κ1) is 17.2. The van der Waals surface area contributed by atoms with Crippen LogP contribution in [-0.4, -0.2) is 22.4 Å². The number of imidazole rings is 1. The van der Waals surface area contributed by atoms with E-state index >= 15 is 0 Å². The summed E-state index contributed by atoms with van der Waals surface area (Å²) in [7, 11) is 0. The van der Waals surface area contributed by atoms with Gasteiger partial charge in [0.15, 0.2) is 0 Å². The third-order valence-corrected chi connectivity index (χ3v) is 4.31. The van der Waals surface area contributed by atoms with E-state index in [9.17, 15) is 4.79 Å². The number of H-pyrrole nitrogens is 1. The number of nitrogens with zero attached hydrogens (tertiary/aromatic N) is 1. The molecule has 0 atom stereocenters. The highest BCUT2D eigenvalue weighted by molar-refractivity contribution is 6.30. The van der Waals surface area contributed by atoms with Gasteiger partial charge in [0, 0.05) is 23.3 Å². The summed E-state index contributed by atoms with van der Waals surface area (Å²) >= 11 is 5.87. The summed E-state index contributed by atoms with van der Waals surface area (Å²) in [5, 5.41) is 3.67. The number of carbonyl (C=O) groups is 1. The lowest BCUT2D eigenvalue weighted by atomic mass is 10.1. The zero-order chi connectivity index (χ0) is 17.5. The maximum atomic E-state index is 12.2. The summed E-state index contributed by atoms with van der Waals surface area (Å²) in [5.74, 6) is -0.0483. The van der Waals surface area contributed by atoms with Gasteiger partial charge >= 0.3 is 0 Å². The molecule has 25 heavy (non-hydrogen) atoms. The van der Waals surface area contributed by atoms with E-state index in [2.05, 4.69) is 15.3 Å². The van der Waals surface area contributed by atoms with Gasteiger partial charge in [-0.3, -0.25) is 4.79 Å². The van der Waals surface area contributed by atoms with Gasteiger partial charge in [-0.25, -0.2) is 4.98 Å². The van der Waals surface area contributed by atoms with E-state index in [-0.39, 0.29) is 5.91 Å². The molecule has 5 heteroatoms. The van der Waals surface area contributed by atoms with Crippen molar-refractivity contribution >= 4 is 17.5 Å². The Balaban J connectivity index is 1.46. The minimum Gasteiger partial charge on any atom is -0.352 e. The molecule has 2 aromatic carbocycles. The van der Waals surface area contributed by atoms with Crippen molar-refractivity contribution in [3.8, 4) is 0 Å². The molecule has 0 fully saturated rings. The van der Waals surface area contributed by atoms with E-state index in [0.29, 0.717) is 12.1 Å². The first-order valence-electron chi connectivity index (χ1n) is 8.30. The molecular formula is C20H20ClN3O. The van der Waals surface area contributed by atoms with Crippen LogP contribution in [0.5, 0.6) is 0 Å². The summed E-state index contributed by atoms with van der Waals surface area (Å²) in [4.78, 5) is 19.4. The molecule has 128 valence electrons. The van der Waals surface area contributed by atoms with Gasteiger partial charge in [-0.2, -0.15) is 0 Å². The Bertz CT molecular complexity index is 796. The van der Waals surface area contributed by atoms with E-state index in [4.69, 9.17) is 11.6 Å². The minimum absolute atomic E-state index is 0.0483. The number of aromatic nitrogens is 2. The number of aryl methyl sites for hydroxylation is 2. The number of benzene rings is 2. The Hall–Kier alpha value is -2.59. The lowest BCUT2D eigenvalue weighted by molar-refractivity contribution is 0.0954. The average molecular weight is 354 g/mol. The number of aromatic amines is 1. The van der Waals surface area contributed by atoms with Crippen LogP contribution >= 0.6 is 11.6 Å². The van der Waals surface area contributed by atoms with Crippen LogP contribution in [-0.2, 0) is 19.3 Å². The smallest absolute Gasteiger partial charge is 0.251 e. The van der Waals surface area contributed by atoms with Crippen molar-refractivity contribution in [1.29, 1.82) is 0 Å². The first-order chi connectivity index (χ1) is 12.2. The number of nitrogens with one attached hydrogen (secondary N) is 2. The molecule has 0 aliphatic heterocycles. The van der Waals surface area contributed by atoms with Crippen molar-refractivity contribution in [2.45, 2.75) is 19.3 Å². The van der Waals surface area contributed by atoms with Crippen LogP contribution in [0.1, 0.15) is 27.2 Å². The molecule has 1 amide bonds. The molecule has 0 saturated heterocycles. The van der Waals surface area contributed by atoms with Crippen LogP contribution in [0, 0.1) is 0 Å². The molecule has 1 heterocycles. The summed E-state index contributed by atoms with van der Waals surface area (Å²) < 4.78 is 0. The highest BCUT2D eigenvalue weighted by Gasteiger charge is 2.05. The van der Waals surface area contributed by atoms with Crippen LogP contribution < -0.4 is 5.32 Å². The molecule has 4 nitrogen and oxygen atoms in total. The van der Waals surface area contributed by atoms with Gasteiger partial charge < -0.3 is 10.3 Å². The topological polar surface area (TPSA) is 57.8 Å². The van der Waals surface area contributed by atoms with Gasteiger partial charge in [0.2, 0.25) is 0 Å². The maximum absolute atomic E-state index is 12.2. The van der Waals surface area contributed by atoms with Gasteiger partial charge in [0.1, 0.15) is 0 Å². The molecule has 3 rings (SSSR count). The van der Waals surface area contributed by atoms with Crippen molar-refractivity contribution in [3.05, 3.63) is 88.5 Å². The van der Waals surface area contributed by atoms with Crippen molar-refractivity contribution in [3.63, 3.8) is 0 Å². The highest BCUT2D eigenvalue weighted by atomic mass is 35.5. The zero-order valence-electron chi connectivity index (χ0n) is 13.8. The summed E-state index contributed by atoms with van der Waals surface area (Å²) in [5.41, 5.74) is 4.07. The second-order valence-corrected chi connectivity index (χ2v) is 6.33. The lowest BCUT2D eigenvalue weighted by Crippen LogP contribution is -2.25. The standard InChI is InChI=1S/C20H20ClN3O/c21-18-8-3-16(4-9-18)11-12-23-20(25)17-6-1-15(2-7-17)5-10-19-13-22-14-24-19/h1-4,6-9,13-14H,5,10-12H2,(H,22,24)(H,23,25). The molecule has 0 unspecified atom stereocenters. The quantitative estimate of drug-likeness (QED) is 0.678. The molecular weight excluding hydrogens is 334 g/mol. The van der Waals surface area contributed by atoms with E-state index < -0.39 is 0 Å². The van der Waals surface area contributed by atoms with Gasteiger partial charge in [-0.05, 0) is 54.7 Å². The maximum Gasteiger partial charge on any atom is 0.251 e. The molecule has 0 aliphatic rings. The third-order valence-electron chi connectivity index (χ3n) is 4.05. The van der Waals surface area contributed by atoms with E-state index in [1.807, 2.05) is 54.7 Å². The number of rotatable bonds is 7. The van der Waals surface area contributed by atoms with E-state index in [1.165, 1.54) is 5.56 Å². The molecule has 3 aromatic rings. The van der Waals surface area contributed by atoms with Gasteiger partial charge in [0.05, 0.1) is 12.0 Å². The SMILES string of the molecule is O=C(NCCc1ccc(Cl)cc1)c1ccc(CCc2c[nH]cn2)cc1. The second-order valence-electron chi connectivity index (χ2n) is 5.89. The first-order valence-corrected chi connectivity index (χ1v) is 8.68. The molecule has 0 spiro atoms. The molecule has 0 saturated carbocycles. The molecule has 0 radical (unpaired) electrons. The number of halogens is 1. The van der Waals surface area contributed by atoms with E-state index in [1.54, 1.807) is 6.33 Å². The third kappa shape index (κ3) is 5.19. The number of hydrogen-bond donors (Lipinski definition) is 2. The molecule has 1 aromatic heterocycles. The Morgan fingerprint density at radius 3 is 2.32 bits per heavy atom. The largest absolute Gasteiger partial charge is 0.352 e. The van der Waals surface area contributed by atoms with Crippen LogP contribution in [0.3, 0.4) is 0 Å². The number of hydrogen-bond acceptors (Lipinski definition) is 2. The summed E-state index contributed by atoms with van der Waals surface area (Å²) in [6.07, 6.45) is 6.17. The second kappa shape index (κ2) is 8.49. The summed E-state index contributed by atoms with van der Waals surface area (Å²) in [6, 6.07) is 15.4. The Labute approximate surface area is 152 Å². The normalized spacial score (nSPS) is 10.6. The van der Waals surface area contributed by atoms with Crippen LogP contribution in [0.25, 0.3) is 0 Å². The number of carbonyl (C=O) groups excluding carboxylic acids is 1. The van der Waals surface area contributed by atoms with Crippen LogP contribution in [0.15, 0.2) is 61.1 Å². The lowest BCUT2D eigenvalue weighted by Gasteiger charge is -2.07. The fourth-order valence-electron chi connectivity index (χ4n) is 2.60. The molecule has 0 aliphatic carbocycles. The van der Waals surface area contributed by atoms with Gasteiger partial charge in [0.25, 0.3) is 5.91 Å².